The number of benzene rings is 1. The molecule has 0 amide bonds. The van der Waals surface area contributed by atoms with Crippen LogP contribution in [0, 0.1) is 22.7 Å². The molecular formula is C10H5F3N2O. The van der Waals surface area contributed by atoms with Gasteiger partial charge in [-0.3, -0.25) is 0 Å². The predicted octanol–water partition coefficient (Wildman–Crippen LogP) is 2.35. The van der Waals surface area contributed by atoms with Gasteiger partial charge in [-0.05, 0) is 17.7 Å². The van der Waals surface area contributed by atoms with Crippen LogP contribution in [0.5, 0.6) is 5.75 Å². The molecule has 0 fully saturated rings. The molecule has 3 nitrogen and oxygen atoms in total. The zero-order valence-corrected chi connectivity index (χ0v) is 7.84. The molecule has 0 radical (unpaired) electrons. The number of rotatable bonds is 1. The maximum absolute atomic E-state index is 12.3. The van der Waals surface area contributed by atoms with Gasteiger partial charge < -0.3 is 5.11 Å². The van der Waals surface area contributed by atoms with E-state index in [0.717, 1.165) is 0 Å². The summed E-state index contributed by atoms with van der Waals surface area (Å²) in [6.07, 6.45) is -4.98. The van der Waals surface area contributed by atoms with E-state index < -0.39 is 17.5 Å². The molecule has 0 saturated carbocycles. The monoisotopic (exact) mass is 226 g/mol. The van der Waals surface area contributed by atoms with Crippen LogP contribution in [0.25, 0.3) is 0 Å². The van der Waals surface area contributed by atoms with Crippen molar-refractivity contribution in [1.29, 1.82) is 10.5 Å². The van der Waals surface area contributed by atoms with Gasteiger partial charge in [0, 0.05) is 0 Å². The number of phenolic OH excluding ortho intramolecular Hbond substituents is 1. The van der Waals surface area contributed by atoms with Crippen LogP contribution in [0.15, 0.2) is 12.1 Å². The largest absolute Gasteiger partial charge is 0.507 e. The maximum Gasteiger partial charge on any atom is 0.416 e. The van der Waals surface area contributed by atoms with E-state index >= 15 is 0 Å². The summed E-state index contributed by atoms with van der Waals surface area (Å²) >= 11 is 0. The van der Waals surface area contributed by atoms with Gasteiger partial charge in [0.25, 0.3) is 0 Å². The smallest absolute Gasteiger partial charge is 0.416 e. The number of aromatic hydroxyl groups is 1. The minimum Gasteiger partial charge on any atom is -0.507 e. The van der Waals surface area contributed by atoms with Crippen molar-refractivity contribution in [3.8, 4) is 17.9 Å². The summed E-state index contributed by atoms with van der Waals surface area (Å²) < 4.78 is 37.0. The Balaban J connectivity index is 3.42. The molecule has 82 valence electrons. The van der Waals surface area contributed by atoms with E-state index in [9.17, 15) is 18.3 Å². The molecule has 0 aliphatic heterocycles. The first-order valence-corrected chi connectivity index (χ1v) is 4.10. The zero-order valence-electron chi connectivity index (χ0n) is 7.84. The van der Waals surface area contributed by atoms with Crippen molar-refractivity contribution in [3.63, 3.8) is 0 Å². The van der Waals surface area contributed by atoms with Crippen molar-refractivity contribution in [2.75, 3.05) is 0 Å². The molecule has 0 aliphatic carbocycles. The molecule has 0 saturated heterocycles. The number of nitriles is 2. The Morgan fingerprint density at radius 3 is 2.31 bits per heavy atom. The fourth-order valence-electron chi connectivity index (χ4n) is 1.20. The fraction of sp³-hybridized carbons (Fsp3) is 0.200. The van der Waals surface area contributed by atoms with Crippen LogP contribution in [0.1, 0.15) is 16.7 Å². The Labute approximate surface area is 89.0 Å². The summed E-state index contributed by atoms with van der Waals surface area (Å²) in [5, 5.41) is 26.3. The van der Waals surface area contributed by atoms with Crippen molar-refractivity contribution in [1.82, 2.24) is 0 Å². The van der Waals surface area contributed by atoms with Gasteiger partial charge in [0.05, 0.1) is 23.6 Å². The molecule has 0 unspecified atom stereocenters. The van der Waals surface area contributed by atoms with Crippen molar-refractivity contribution in [3.05, 3.63) is 28.8 Å². The summed E-state index contributed by atoms with van der Waals surface area (Å²) in [6, 6.07) is 4.36. The third-order valence-corrected chi connectivity index (χ3v) is 1.91. The number of hydrogen-bond acceptors (Lipinski definition) is 3. The molecule has 1 aromatic carbocycles. The fourth-order valence-corrected chi connectivity index (χ4v) is 1.20. The Morgan fingerprint density at radius 2 is 1.88 bits per heavy atom. The average molecular weight is 226 g/mol. The minimum atomic E-state index is -4.62. The van der Waals surface area contributed by atoms with E-state index in [2.05, 4.69) is 0 Å². The zero-order chi connectivity index (χ0) is 12.3. The topological polar surface area (TPSA) is 67.8 Å². The van der Waals surface area contributed by atoms with E-state index in [0.29, 0.717) is 12.1 Å². The highest BCUT2D eigenvalue weighted by Gasteiger charge is 2.32. The molecular weight excluding hydrogens is 221 g/mol. The van der Waals surface area contributed by atoms with Crippen molar-refractivity contribution >= 4 is 0 Å². The van der Waals surface area contributed by atoms with E-state index in [-0.39, 0.29) is 17.5 Å². The lowest BCUT2D eigenvalue weighted by molar-refractivity contribution is -0.137. The van der Waals surface area contributed by atoms with Crippen LogP contribution in [-0.2, 0) is 12.6 Å². The van der Waals surface area contributed by atoms with Gasteiger partial charge in [-0.2, -0.15) is 23.7 Å². The first kappa shape index (κ1) is 11.9. The highest BCUT2D eigenvalue weighted by atomic mass is 19.4. The van der Waals surface area contributed by atoms with Crippen molar-refractivity contribution in [2.45, 2.75) is 12.6 Å². The Morgan fingerprint density at radius 1 is 1.25 bits per heavy atom. The Hall–Kier alpha value is -2.21. The Bertz CT molecular complexity index is 495. The van der Waals surface area contributed by atoms with Crippen LogP contribution in [0.2, 0.25) is 0 Å². The summed E-state index contributed by atoms with van der Waals surface area (Å²) in [6.45, 7) is 0. The number of halogens is 3. The lowest BCUT2D eigenvalue weighted by Crippen LogP contribution is -2.06. The molecule has 6 heteroatoms. The van der Waals surface area contributed by atoms with Crippen LogP contribution in [0.3, 0.4) is 0 Å². The van der Waals surface area contributed by atoms with Gasteiger partial charge in [0.15, 0.2) is 0 Å². The standard InChI is InChI=1S/C10H5F3N2O/c11-10(12,13)7-3-6(1-2-14)8(5-15)9(16)4-7/h3-4,16H,1H2. The first-order valence-electron chi connectivity index (χ1n) is 4.10. The second-order valence-corrected chi connectivity index (χ2v) is 2.97. The first-order chi connectivity index (χ1) is 7.40. The van der Waals surface area contributed by atoms with Crippen LogP contribution in [0.4, 0.5) is 13.2 Å². The van der Waals surface area contributed by atoms with Gasteiger partial charge in [-0.1, -0.05) is 0 Å². The molecule has 0 aromatic heterocycles. The maximum atomic E-state index is 12.3. The second kappa shape index (κ2) is 4.11. The molecule has 16 heavy (non-hydrogen) atoms. The molecule has 1 N–H and O–H groups in total. The predicted molar refractivity (Wildman–Crippen MR) is 47.1 cm³/mol. The van der Waals surface area contributed by atoms with Gasteiger partial charge in [-0.15, -0.1) is 0 Å². The van der Waals surface area contributed by atoms with Crippen LogP contribution in [-0.4, -0.2) is 5.11 Å². The lowest BCUT2D eigenvalue weighted by Gasteiger charge is -2.10. The summed E-state index contributed by atoms with van der Waals surface area (Å²) in [4.78, 5) is 0. The molecule has 1 aromatic rings. The molecule has 0 aliphatic rings. The highest BCUT2D eigenvalue weighted by Crippen LogP contribution is 2.34. The van der Waals surface area contributed by atoms with Crippen LogP contribution < -0.4 is 0 Å². The van der Waals surface area contributed by atoms with Crippen molar-refractivity contribution in [2.24, 2.45) is 0 Å². The number of phenols is 1. The van der Waals surface area contributed by atoms with Gasteiger partial charge in [0.2, 0.25) is 0 Å². The number of nitrogens with zero attached hydrogens (tertiary/aromatic N) is 2. The molecule has 0 spiro atoms. The van der Waals surface area contributed by atoms with Crippen molar-refractivity contribution < 1.29 is 18.3 Å². The second-order valence-electron chi connectivity index (χ2n) is 2.97. The molecule has 0 bridgehead atoms. The lowest BCUT2D eigenvalue weighted by atomic mass is 10.0. The molecule has 1 rings (SSSR count). The molecule has 0 heterocycles. The SMILES string of the molecule is N#CCc1cc(C(F)(F)F)cc(O)c1C#N. The van der Waals surface area contributed by atoms with Crippen LogP contribution >= 0.6 is 0 Å². The third-order valence-electron chi connectivity index (χ3n) is 1.91. The summed E-state index contributed by atoms with van der Waals surface area (Å²) in [7, 11) is 0. The quantitative estimate of drug-likeness (QED) is 0.799. The normalized spacial score (nSPS) is 10.6. The van der Waals surface area contributed by atoms with E-state index in [4.69, 9.17) is 10.5 Å². The van der Waals surface area contributed by atoms with Gasteiger partial charge >= 0.3 is 6.18 Å². The minimum absolute atomic E-state index is 0.127. The van der Waals surface area contributed by atoms with Gasteiger partial charge in [-0.25, -0.2) is 0 Å². The summed E-state index contributed by atoms with van der Waals surface area (Å²) in [5.41, 5.74) is -1.50. The highest BCUT2D eigenvalue weighted by molar-refractivity contribution is 5.51. The average Bonchev–Trinajstić information content (AvgIpc) is 2.16. The van der Waals surface area contributed by atoms with Gasteiger partial charge in [0.1, 0.15) is 11.8 Å². The van der Waals surface area contributed by atoms with E-state index in [1.807, 2.05) is 0 Å². The van der Waals surface area contributed by atoms with E-state index in [1.165, 1.54) is 0 Å². The van der Waals surface area contributed by atoms with E-state index in [1.54, 1.807) is 12.1 Å². The molecule has 0 atom stereocenters. The number of hydrogen-bond donors (Lipinski definition) is 1. The summed E-state index contributed by atoms with van der Waals surface area (Å²) in [5.74, 6) is -0.762. The third kappa shape index (κ3) is 2.23. The number of alkyl halides is 3. The Kier molecular flexibility index (Phi) is 3.05.